The highest BCUT2D eigenvalue weighted by atomic mass is 79.9. The molecule has 4 heteroatoms. The average Bonchev–Trinajstić information content (AvgIpc) is 2.40. The molecule has 2 atom stereocenters. The maximum Gasteiger partial charge on any atom is 0.230 e. The fourth-order valence-corrected chi connectivity index (χ4v) is 3.10. The lowest BCUT2D eigenvalue weighted by Gasteiger charge is -2.37. The number of ether oxygens (including phenoxy) is 1. The van der Waals surface area contributed by atoms with Gasteiger partial charge in [0.2, 0.25) is 5.91 Å². The van der Waals surface area contributed by atoms with Gasteiger partial charge in [-0.3, -0.25) is 4.79 Å². The van der Waals surface area contributed by atoms with E-state index in [0.717, 1.165) is 18.3 Å². The fraction of sp³-hybridized carbons (Fsp3) is 0.500. The van der Waals surface area contributed by atoms with Crippen LogP contribution in [0.25, 0.3) is 0 Å². The normalized spacial score (nSPS) is 26.4. The molecule has 1 aromatic carbocycles. The summed E-state index contributed by atoms with van der Waals surface area (Å²) in [4.78, 5) is 14.4. The van der Waals surface area contributed by atoms with Gasteiger partial charge in [0.25, 0.3) is 0 Å². The van der Waals surface area contributed by atoms with Gasteiger partial charge in [-0.2, -0.15) is 0 Å². The zero-order valence-electron chi connectivity index (χ0n) is 10.1. The van der Waals surface area contributed by atoms with Gasteiger partial charge in [-0.05, 0) is 17.5 Å². The Morgan fingerprint density at radius 1 is 1.44 bits per heavy atom. The van der Waals surface area contributed by atoms with E-state index < -0.39 is 0 Å². The summed E-state index contributed by atoms with van der Waals surface area (Å²) in [5.41, 5.74) is 2.53. The Morgan fingerprint density at radius 3 is 3.06 bits per heavy atom. The number of rotatable bonds is 2. The van der Waals surface area contributed by atoms with Gasteiger partial charge in [-0.25, -0.2) is 0 Å². The van der Waals surface area contributed by atoms with Crippen molar-refractivity contribution in [2.75, 3.05) is 25.0 Å². The second-order valence-corrected chi connectivity index (χ2v) is 5.53. The molecule has 0 bridgehead atoms. The van der Waals surface area contributed by atoms with Crippen molar-refractivity contribution in [3.63, 3.8) is 0 Å². The number of nitrogens with zero attached hydrogens (tertiary/aromatic N) is 1. The minimum Gasteiger partial charge on any atom is -0.374 e. The first-order chi connectivity index (χ1) is 8.79. The van der Waals surface area contributed by atoms with Gasteiger partial charge in [0.1, 0.15) is 0 Å². The van der Waals surface area contributed by atoms with Crippen LogP contribution in [0.15, 0.2) is 24.3 Å². The van der Waals surface area contributed by atoms with Crippen molar-refractivity contribution in [3.05, 3.63) is 35.4 Å². The molecule has 2 aliphatic rings. The fourth-order valence-electron chi connectivity index (χ4n) is 2.71. The van der Waals surface area contributed by atoms with E-state index in [4.69, 9.17) is 4.74 Å². The molecular weight excluding hydrogens is 294 g/mol. The molecule has 0 aromatic heterocycles. The number of halogens is 1. The van der Waals surface area contributed by atoms with Crippen LogP contribution >= 0.6 is 15.9 Å². The van der Waals surface area contributed by atoms with E-state index in [0.29, 0.717) is 13.2 Å². The van der Waals surface area contributed by atoms with Crippen molar-refractivity contribution in [1.82, 2.24) is 4.90 Å². The van der Waals surface area contributed by atoms with Crippen LogP contribution in [-0.4, -0.2) is 41.9 Å². The molecule has 1 amide bonds. The van der Waals surface area contributed by atoms with E-state index >= 15 is 0 Å². The largest absolute Gasteiger partial charge is 0.374 e. The maximum atomic E-state index is 12.5. The highest BCUT2D eigenvalue weighted by Gasteiger charge is 2.36. The molecule has 3 nitrogen and oxygen atoms in total. The Kier molecular flexibility index (Phi) is 3.39. The highest BCUT2D eigenvalue weighted by molar-refractivity contribution is 9.09. The number of hydrogen-bond acceptors (Lipinski definition) is 2. The van der Waals surface area contributed by atoms with Crippen molar-refractivity contribution in [3.8, 4) is 0 Å². The van der Waals surface area contributed by atoms with E-state index in [2.05, 4.69) is 28.1 Å². The molecule has 0 N–H and O–H groups in total. The summed E-state index contributed by atoms with van der Waals surface area (Å²) in [5.74, 6) is 0.346. The SMILES string of the molecule is O=C(C1Cc2ccccc21)N1CCOC(CBr)C1. The van der Waals surface area contributed by atoms with Crippen LogP contribution in [0.4, 0.5) is 0 Å². The average molecular weight is 310 g/mol. The van der Waals surface area contributed by atoms with E-state index in [1.165, 1.54) is 11.1 Å². The number of carbonyl (C=O) groups is 1. The molecule has 1 aromatic rings. The van der Waals surface area contributed by atoms with Crippen LogP contribution in [0.1, 0.15) is 17.0 Å². The molecule has 3 rings (SSSR count). The summed E-state index contributed by atoms with van der Waals surface area (Å²) in [6, 6.07) is 8.23. The monoisotopic (exact) mass is 309 g/mol. The molecule has 0 saturated carbocycles. The molecule has 0 radical (unpaired) electrons. The zero-order valence-corrected chi connectivity index (χ0v) is 11.7. The molecule has 1 aliphatic heterocycles. The number of amides is 1. The van der Waals surface area contributed by atoms with Crippen molar-refractivity contribution in [2.24, 2.45) is 0 Å². The summed E-state index contributed by atoms with van der Waals surface area (Å²) in [6.07, 6.45) is 1.03. The maximum absolute atomic E-state index is 12.5. The van der Waals surface area contributed by atoms with Crippen molar-refractivity contribution in [1.29, 1.82) is 0 Å². The molecule has 2 unspecified atom stereocenters. The van der Waals surface area contributed by atoms with Crippen molar-refractivity contribution in [2.45, 2.75) is 18.4 Å². The smallest absolute Gasteiger partial charge is 0.230 e. The standard InChI is InChI=1S/C14H16BrNO2/c15-8-11-9-16(5-6-18-11)14(17)13-7-10-3-1-2-4-12(10)13/h1-4,11,13H,5-9H2. The third-order valence-corrected chi connectivity index (χ3v) is 4.50. The molecule has 96 valence electrons. The first kappa shape index (κ1) is 12.2. The van der Waals surface area contributed by atoms with Gasteiger partial charge in [0.05, 0.1) is 18.6 Å². The van der Waals surface area contributed by atoms with Gasteiger partial charge >= 0.3 is 0 Å². The number of benzene rings is 1. The quantitative estimate of drug-likeness (QED) is 0.782. The van der Waals surface area contributed by atoms with E-state index in [-0.39, 0.29) is 17.9 Å². The van der Waals surface area contributed by atoms with Gasteiger partial charge in [-0.1, -0.05) is 40.2 Å². The topological polar surface area (TPSA) is 29.5 Å². The summed E-state index contributed by atoms with van der Waals surface area (Å²) in [6.45, 7) is 2.08. The van der Waals surface area contributed by atoms with Gasteiger partial charge in [-0.15, -0.1) is 0 Å². The predicted molar refractivity (Wildman–Crippen MR) is 73.0 cm³/mol. The van der Waals surface area contributed by atoms with Crippen LogP contribution in [0.2, 0.25) is 0 Å². The number of alkyl halides is 1. The first-order valence-corrected chi connectivity index (χ1v) is 7.46. The number of morpholine rings is 1. The van der Waals surface area contributed by atoms with E-state index in [1.54, 1.807) is 0 Å². The first-order valence-electron chi connectivity index (χ1n) is 6.33. The summed E-state index contributed by atoms with van der Waals surface area (Å²) in [5, 5.41) is 0.790. The lowest BCUT2D eigenvalue weighted by atomic mass is 9.77. The molecule has 1 heterocycles. The number of hydrogen-bond donors (Lipinski definition) is 0. The minimum absolute atomic E-state index is 0.0790. The van der Waals surface area contributed by atoms with Crippen molar-refractivity contribution >= 4 is 21.8 Å². The predicted octanol–water partition coefficient (Wildman–Crippen LogP) is 1.95. The van der Waals surface area contributed by atoms with Crippen LogP contribution < -0.4 is 0 Å². The van der Waals surface area contributed by atoms with Gasteiger partial charge < -0.3 is 9.64 Å². The van der Waals surface area contributed by atoms with E-state index in [9.17, 15) is 4.79 Å². The number of fused-ring (bicyclic) bond motifs is 1. The van der Waals surface area contributed by atoms with Gasteiger partial charge in [0.15, 0.2) is 0 Å². The van der Waals surface area contributed by atoms with Crippen LogP contribution in [0, 0.1) is 0 Å². The second kappa shape index (κ2) is 5.02. The van der Waals surface area contributed by atoms with Crippen molar-refractivity contribution < 1.29 is 9.53 Å². The van der Waals surface area contributed by atoms with Crippen LogP contribution in [0.3, 0.4) is 0 Å². The highest BCUT2D eigenvalue weighted by Crippen LogP contribution is 2.36. The van der Waals surface area contributed by atoms with E-state index in [1.807, 2.05) is 17.0 Å². The Bertz CT molecular complexity index is 463. The minimum atomic E-state index is 0.0790. The molecule has 1 fully saturated rings. The Balaban J connectivity index is 1.69. The Hall–Kier alpha value is -0.870. The second-order valence-electron chi connectivity index (χ2n) is 4.89. The third kappa shape index (κ3) is 2.08. The zero-order chi connectivity index (χ0) is 12.5. The van der Waals surface area contributed by atoms with Crippen LogP contribution in [-0.2, 0) is 16.0 Å². The van der Waals surface area contributed by atoms with Crippen LogP contribution in [0.5, 0.6) is 0 Å². The Morgan fingerprint density at radius 2 is 2.28 bits per heavy atom. The molecule has 18 heavy (non-hydrogen) atoms. The Labute approximate surface area is 115 Å². The number of carbonyl (C=O) groups excluding carboxylic acids is 1. The lowest BCUT2D eigenvalue weighted by Crippen LogP contribution is -2.49. The molecular formula is C14H16BrNO2. The third-order valence-electron chi connectivity index (χ3n) is 3.78. The molecule has 1 saturated heterocycles. The summed E-state index contributed by atoms with van der Waals surface area (Å²) in [7, 11) is 0. The van der Waals surface area contributed by atoms with Gasteiger partial charge in [0, 0.05) is 18.4 Å². The lowest BCUT2D eigenvalue weighted by molar-refractivity contribution is -0.140. The summed E-state index contributed by atoms with van der Waals surface area (Å²) < 4.78 is 5.57. The summed E-state index contributed by atoms with van der Waals surface area (Å²) >= 11 is 3.42. The molecule has 0 spiro atoms. The molecule has 1 aliphatic carbocycles.